The van der Waals surface area contributed by atoms with Gasteiger partial charge in [-0.1, -0.05) is 20.7 Å². The van der Waals surface area contributed by atoms with E-state index < -0.39 is 0 Å². The van der Waals surface area contributed by atoms with Crippen molar-refractivity contribution in [2.24, 2.45) is 5.41 Å². The number of hydrogen-bond donors (Lipinski definition) is 0. The fourth-order valence-corrected chi connectivity index (χ4v) is 4.74. The highest BCUT2D eigenvalue weighted by molar-refractivity contribution is 6.70. The van der Waals surface area contributed by atoms with E-state index in [0.717, 1.165) is 21.7 Å². The second-order valence-electron chi connectivity index (χ2n) is 8.65. The van der Waals surface area contributed by atoms with Gasteiger partial charge in [-0.25, -0.2) is 9.99 Å². The lowest BCUT2D eigenvalue weighted by Gasteiger charge is -2.46. The van der Waals surface area contributed by atoms with Gasteiger partial charge >= 0.3 is 0 Å². The van der Waals surface area contributed by atoms with Gasteiger partial charge in [0.05, 0.1) is 0 Å². The Morgan fingerprint density at radius 1 is 1.29 bits per heavy atom. The molecule has 4 rings (SSSR count). The van der Waals surface area contributed by atoms with Crippen LogP contribution < -0.4 is 10.6 Å². The van der Waals surface area contributed by atoms with E-state index in [-0.39, 0.29) is 17.8 Å². The Morgan fingerprint density at radius 2 is 2.04 bits per heavy atom. The molecule has 4 heterocycles. The summed E-state index contributed by atoms with van der Waals surface area (Å²) in [7, 11) is 0. The lowest BCUT2D eigenvalue weighted by atomic mass is 9.63. The molecule has 0 bridgehead atoms. The molecule has 0 N–H and O–H groups in total. The van der Waals surface area contributed by atoms with Crippen LogP contribution in [-0.2, 0) is 0 Å². The van der Waals surface area contributed by atoms with Gasteiger partial charge in [-0.3, -0.25) is 0 Å². The summed E-state index contributed by atoms with van der Waals surface area (Å²) in [5.41, 5.74) is 2.07. The van der Waals surface area contributed by atoms with E-state index in [0.29, 0.717) is 6.04 Å². The number of rotatable bonds is 1. The lowest BCUT2D eigenvalue weighted by molar-refractivity contribution is 0.00245. The van der Waals surface area contributed by atoms with Crippen molar-refractivity contribution in [2.75, 3.05) is 0 Å². The number of hydrazine groups is 1. The topological polar surface area (TPSA) is 32.5 Å². The quantitative estimate of drug-likeness (QED) is 0.755. The van der Waals surface area contributed by atoms with Crippen LogP contribution in [-0.4, -0.2) is 33.3 Å². The summed E-state index contributed by atoms with van der Waals surface area (Å²) in [6, 6.07) is 4.53. The Bertz CT molecular complexity index is 914. The largest absolute Gasteiger partial charge is 0.439 e. The zero-order valence-electron chi connectivity index (χ0n) is 15.5. The van der Waals surface area contributed by atoms with Crippen molar-refractivity contribution >= 4 is 30.1 Å². The standard InChI is InChI=1S/C19H26BN3O/c1-13-18(2,3)12-19(4,5)23(13)22-11-15-14-8-7-9-21-17(14)24-16(15)10-20(22)6/h7-11,13H,12H2,1-6H3/t13-/m0/s1. The molecule has 5 heteroatoms. The smallest absolute Gasteiger partial charge is 0.299 e. The number of fused-ring (bicyclic) bond motifs is 3. The maximum absolute atomic E-state index is 5.95. The fraction of sp³-hybridized carbons (Fsp3) is 0.526. The molecule has 0 aromatic carbocycles. The number of furan rings is 1. The summed E-state index contributed by atoms with van der Waals surface area (Å²) < 4.78 is 5.95. The minimum absolute atomic E-state index is 0.122. The van der Waals surface area contributed by atoms with E-state index >= 15 is 0 Å². The lowest BCUT2D eigenvalue weighted by Crippen LogP contribution is -2.58. The van der Waals surface area contributed by atoms with Gasteiger partial charge in [0, 0.05) is 34.6 Å². The Morgan fingerprint density at radius 3 is 2.71 bits per heavy atom. The number of nitrogens with zero attached hydrogens (tertiary/aromatic N) is 3. The third kappa shape index (κ3) is 2.14. The third-order valence-corrected chi connectivity index (χ3v) is 5.86. The first-order valence-electron chi connectivity index (χ1n) is 8.85. The molecule has 1 atom stereocenters. The van der Waals surface area contributed by atoms with Gasteiger partial charge in [0.15, 0.2) is 0 Å². The molecule has 0 aliphatic carbocycles. The van der Waals surface area contributed by atoms with Gasteiger partial charge in [0.1, 0.15) is 5.42 Å². The van der Waals surface area contributed by atoms with Gasteiger partial charge in [0.25, 0.3) is 6.85 Å². The molecular formula is C19H26BN3O. The van der Waals surface area contributed by atoms with Gasteiger partial charge < -0.3 is 9.34 Å². The molecular weight excluding hydrogens is 297 g/mol. The Hall–Kier alpha value is -1.75. The van der Waals surface area contributed by atoms with Crippen LogP contribution in [0.15, 0.2) is 22.7 Å². The first-order valence-corrected chi connectivity index (χ1v) is 8.85. The molecule has 1 saturated heterocycles. The molecule has 2 aliphatic rings. The summed E-state index contributed by atoms with van der Waals surface area (Å²) in [6.07, 6.45) is 5.22. The van der Waals surface area contributed by atoms with Crippen molar-refractivity contribution in [2.45, 2.75) is 59.4 Å². The Kier molecular flexibility index (Phi) is 3.21. The average Bonchev–Trinajstić information content (AvgIpc) is 2.90. The van der Waals surface area contributed by atoms with Gasteiger partial charge in [-0.15, -0.1) is 0 Å². The molecule has 2 aliphatic heterocycles. The minimum atomic E-state index is 0.122. The van der Waals surface area contributed by atoms with Crippen molar-refractivity contribution in [1.82, 2.24) is 14.9 Å². The molecule has 2 aromatic rings. The van der Waals surface area contributed by atoms with Crippen molar-refractivity contribution in [1.29, 1.82) is 0 Å². The van der Waals surface area contributed by atoms with Crippen molar-refractivity contribution in [3.8, 4) is 0 Å². The highest BCUT2D eigenvalue weighted by Gasteiger charge is 2.51. The summed E-state index contributed by atoms with van der Waals surface area (Å²) in [4.78, 5) is 6.77. The molecule has 0 saturated carbocycles. The molecule has 0 unspecified atom stereocenters. The summed E-state index contributed by atoms with van der Waals surface area (Å²) in [5.74, 6) is 2.21. The van der Waals surface area contributed by atoms with E-state index in [1.807, 2.05) is 6.07 Å². The third-order valence-electron chi connectivity index (χ3n) is 5.86. The highest BCUT2D eigenvalue weighted by Crippen LogP contribution is 2.47. The van der Waals surface area contributed by atoms with Crippen LogP contribution in [0.5, 0.6) is 0 Å². The normalized spacial score (nSPS) is 25.5. The average molecular weight is 323 g/mol. The molecule has 1 fully saturated rings. The summed E-state index contributed by atoms with van der Waals surface area (Å²) >= 11 is 0. The fourth-order valence-electron chi connectivity index (χ4n) is 4.74. The molecule has 4 nitrogen and oxygen atoms in total. The number of aromatic nitrogens is 1. The van der Waals surface area contributed by atoms with E-state index in [4.69, 9.17) is 4.42 Å². The van der Waals surface area contributed by atoms with Crippen molar-refractivity contribution < 1.29 is 4.42 Å². The second-order valence-corrected chi connectivity index (χ2v) is 8.65. The van der Waals surface area contributed by atoms with Crippen LogP contribution in [0, 0.1) is 5.41 Å². The van der Waals surface area contributed by atoms with E-state index in [9.17, 15) is 0 Å². The minimum Gasteiger partial charge on any atom is -0.439 e. The predicted octanol–water partition coefficient (Wildman–Crippen LogP) is 2.64. The SMILES string of the molecule is CB1C=c2oc3ncccc3c2=CN1N1[C@@H](C)C(C)(C)CC1(C)C. The molecule has 0 amide bonds. The number of hydrogen-bond acceptors (Lipinski definition) is 4. The molecule has 0 spiro atoms. The second kappa shape index (κ2) is 4.88. The highest BCUT2D eigenvalue weighted by atomic mass is 16.3. The van der Waals surface area contributed by atoms with Crippen LogP contribution in [0.2, 0.25) is 6.82 Å². The van der Waals surface area contributed by atoms with Crippen LogP contribution in [0.25, 0.3) is 23.3 Å². The molecule has 126 valence electrons. The van der Waals surface area contributed by atoms with Crippen molar-refractivity contribution in [3.63, 3.8) is 0 Å². The van der Waals surface area contributed by atoms with Crippen molar-refractivity contribution in [3.05, 3.63) is 29.0 Å². The summed E-state index contributed by atoms with van der Waals surface area (Å²) in [5, 5.41) is 4.79. The number of pyridine rings is 1. The van der Waals surface area contributed by atoms with Gasteiger partial charge in [-0.05, 0) is 50.7 Å². The van der Waals surface area contributed by atoms with E-state index in [1.54, 1.807) is 6.20 Å². The zero-order valence-corrected chi connectivity index (χ0v) is 15.5. The molecule has 2 aromatic heterocycles. The van der Waals surface area contributed by atoms with Crippen LogP contribution in [0.4, 0.5) is 0 Å². The zero-order chi connectivity index (χ0) is 17.3. The first kappa shape index (κ1) is 15.8. The van der Waals surface area contributed by atoms with Crippen LogP contribution >= 0.6 is 0 Å². The van der Waals surface area contributed by atoms with E-state index in [2.05, 4.69) is 74.6 Å². The summed E-state index contributed by atoms with van der Waals surface area (Å²) in [6.45, 7) is 14.3. The van der Waals surface area contributed by atoms with Crippen LogP contribution in [0.1, 0.15) is 41.0 Å². The van der Waals surface area contributed by atoms with E-state index in [1.165, 1.54) is 6.42 Å². The molecule has 0 radical (unpaired) electrons. The van der Waals surface area contributed by atoms with Gasteiger partial charge in [-0.2, -0.15) is 0 Å². The molecule has 24 heavy (non-hydrogen) atoms. The maximum atomic E-state index is 5.95. The van der Waals surface area contributed by atoms with Gasteiger partial charge in [0.2, 0.25) is 5.71 Å². The Balaban J connectivity index is 1.88. The Labute approximate surface area is 143 Å². The predicted molar refractivity (Wildman–Crippen MR) is 99.4 cm³/mol. The van der Waals surface area contributed by atoms with Crippen LogP contribution in [0.3, 0.4) is 0 Å². The first-order chi connectivity index (χ1) is 11.2. The maximum Gasteiger partial charge on any atom is 0.299 e. The monoisotopic (exact) mass is 323 g/mol.